The van der Waals surface area contributed by atoms with E-state index in [-0.39, 0.29) is 17.7 Å². The third-order valence-electron chi connectivity index (χ3n) is 4.27. The maximum absolute atomic E-state index is 12.3. The third kappa shape index (κ3) is 2.11. The van der Waals surface area contributed by atoms with Gasteiger partial charge in [0.2, 0.25) is 5.91 Å². The number of nitrogens with zero attached hydrogens (tertiary/aromatic N) is 2. The van der Waals surface area contributed by atoms with Crippen LogP contribution in [0.5, 0.6) is 0 Å². The van der Waals surface area contributed by atoms with E-state index in [2.05, 4.69) is 10.4 Å². The van der Waals surface area contributed by atoms with E-state index in [9.17, 15) is 14.7 Å². The maximum Gasteiger partial charge on any atom is 0.307 e. The van der Waals surface area contributed by atoms with E-state index in [4.69, 9.17) is 0 Å². The molecule has 1 amide bonds. The lowest BCUT2D eigenvalue weighted by atomic mass is 9.82. The van der Waals surface area contributed by atoms with Crippen molar-refractivity contribution >= 4 is 11.9 Å². The lowest BCUT2D eigenvalue weighted by Gasteiger charge is -2.23. The van der Waals surface area contributed by atoms with Crippen molar-refractivity contribution < 1.29 is 14.7 Å². The molecule has 0 saturated heterocycles. The van der Waals surface area contributed by atoms with Crippen molar-refractivity contribution in [2.45, 2.75) is 13.0 Å². The molecule has 0 spiro atoms. The number of aliphatic carboxylic acids is 1. The third-order valence-corrected chi connectivity index (χ3v) is 4.27. The van der Waals surface area contributed by atoms with Crippen LogP contribution in [0.3, 0.4) is 0 Å². The summed E-state index contributed by atoms with van der Waals surface area (Å²) in [6.07, 6.45) is 8.22. The van der Waals surface area contributed by atoms with Crippen LogP contribution < -0.4 is 5.32 Å². The number of aryl methyl sites for hydroxylation is 1. The molecular formula is C14H17N3O3. The van der Waals surface area contributed by atoms with Crippen molar-refractivity contribution in [1.29, 1.82) is 0 Å². The number of carbonyl (C=O) groups is 2. The molecule has 2 bridgehead atoms. The van der Waals surface area contributed by atoms with Crippen LogP contribution >= 0.6 is 0 Å². The topological polar surface area (TPSA) is 84.2 Å². The van der Waals surface area contributed by atoms with Crippen LogP contribution in [0.2, 0.25) is 0 Å². The standard InChI is InChI=1S/C14H17N3O3/c1-17-7-8(6-16-17)5-15-13(18)11-9-2-3-10(4-9)12(11)14(19)20/h2-3,6-7,9-12H,4-5H2,1H3,(H,15,18)(H,19,20)/t9-,10+,11-,12+/m1/s1. The Morgan fingerprint density at radius 2 is 2.10 bits per heavy atom. The van der Waals surface area contributed by atoms with Gasteiger partial charge in [0.1, 0.15) is 0 Å². The number of aromatic nitrogens is 2. The summed E-state index contributed by atoms with van der Waals surface area (Å²) in [7, 11) is 1.81. The summed E-state index contributed by atoms with van der Waals surface area (Å²) in [5, 5.41) is 16.2. The molecule has 20 heavy (non-hydrogen) atoms. The van der Waals surface area contributed by atoms with E-state index in [0.29, 0.717) is 6.54 Å². The molecule has 1 saturated carbocycles. The Morgan fingerprint density at radius 1 is 1.40 bits per heavy atom. The van der Waals surface area contributed by atoms with Gasteiger partial charge in [0, 0.05) is 25.4 Å². The van der Waals surface area contributed by atoms with Crippen molar-refractivity contribution in [2.24, 2.45) is 30.7 Å². The minimum Gasteiger partial charge on any atom is -0.481 e. The fraction of sp³-hybridized carbons (Fsp3) is 0.500. The number of fused-ring (bicyclic) bond motifs is 2. The van der Waals surface area contributed by atoms with E-state index in [0.717, 1.165) is 12.0 Å². The molecule has 6 nitrogen and oxygen atoms in total. The zero-order valence-electron chi connectivity index (χ0n) is 11.2. The van der Waals surface area contributed by atoms with Crippen LogP contribution in [0, 0.1) is 23.7 Å². The van der Waals surface area contributed by atoms with Crippen molar-refractivity contribution in [3.05, 3.63) is 30.1 Å². The van der Waals surface area contributed by atoms with Gasteiger partial charge in [0.25, 0.3) is 0 Å². The smallest absolute Gasteiger partial charge is 0.307 e. The van der Waals surface area contributed by atoms with Gasteiger partial charge in [-0.2, -0.15) is 5.10 Å². The molecule has 0 aromatic carbocycles. The molecule has 0 aliphatic heterocycles. The quantitative estimate of drug-likeness (QED) is 0.786. The number of carbonyl (C=O) groups excluding carboxylic acids is 1. The molecule has 106 valence electrons. The van der Waals surface area contributed by atoms with Crippen LogP contribution in [0.15, 0.2) is 24.5 Å². The van der Waals surface area contributed by atoms with Gasteiger partial charge in [0.05, 0.1) is 18.0 Å². The van der Waals surface area contributed by atoms with Crippen molar-refractivity contribution in [3.63, 3.8) is 0 Å². The molecule has 1 aromatic heterocycles. The molecule has 0 radical (unpaired) electrons. The second-order valence-corrected chi connectivity index (χ2v) is 5.58. The average molecular weight is 275 g/mol. The Morgan fingerprint density at radius 3 is 2.70 bits per heavy atom. The lowest BCUT2D eigenvalue weighted by molar-refractivity contribution is -0.147. The molecule has 3 rings (SSSR count). The van der Waals surface area contributed by atoms with Gasteiger partial charge >= 0.3 is 5.97 Å². The number of nitrogens with one attached hydrogen (secondary N) is 1. The molecule has 2 N–H and O–H groups in total. The fourth-order valence-electron chi connectivity index (χ4n) is 3.39. The minimum atomic E-state index is -0.872. The van der Waals surface area contributed by atoms with Crippen LogP contribution in [0.4, 0.5) is 0 Å². The molecule has 2 aliphatic rings. The number of hydrogen-bond acceptors (Lipinski definition) is 3. The summed E-state index contributed by atoms with van der Waals surface area (Å²) in [6, 6.07) is 0. The Labute approximate surface area is 116 Å². The molecule has 6 heteroatoms. The Balaban J connectivity index is 1.67. The van der Waals surface area contributed by atoms with Gasteiger partial charge in [-0.1, -0.05) is 12.2 Å². The predicted octanol–water partition coefficient (Wildman–Crippen LogP) is 0.559. The monoisotopic (exact) mass is 275 g/mol. The number of hydrogen-bond donors (Lipinski definition) is 2. The number of amides is 1. The summed E-state index contributed by atoms with van der Waals surface area (Å²) >= 11 is 0. The first-order chi connectivity index (χ1) is 9.56. The minimum absolute atomic E-state index is 0.00615. The lowest BCUT2D eigenvalue weighted by Crippen LogP contribution is -2.39. The summed E-state index contributed by atoms with van der Waals surface area (Å²) in [5.41, 5.74) is 0.909. The van der Waals surface area contributed by atoms with E-state index in [1.165, 1.54) is 0 Å². The summed E-state index contributed by atoms with van der Waals surface area (Å²) < 4.78 is 1.67. The second kappa shape index (κ2) is 4.77. The highest BCUT2D eigenvalue weighted by Crippen LogP contribution is 2.48. The van der Waals surface area contributed by atoms with Gasteiger partial charge in [-0.3, -0.25) is 14.3 Å². The van der Waals surface area contributed by atoms with Gasteiger partial charge in [-0.05, 0) is 18.3 Å². The summed E-state index contributed by atoms with van der Waals surface area (Å²) in [6.45, 7) is 0.386. The molecular weight excluding hydrogens is 258 g/mol. The van der Waals surface area contributed by atoms with E-state index in [1.807, 2.05) is 25.4 Å². The van der Waals surface area contributed by atoms with Crippen molar-refractivity contribution in [3.8, 4) is 0 Å². The molecule has 2 aliphatic carbocycles. The molecule has 1 heterocycles. The highest BCUT2D eigenvalue weighted by atomic mass is 16.4. The first-order valence-corrected chi connectivity index (χ1v) is 6.72. The maximum atomic E-state index is 12.3. The van der Waals surface area contributed by atoms with Gasteiger partial charge in [-0.25, -0.2) is 0 Å². The van der Waals surface area contributed by atoms with E-state index < -0.39 is 17.8 Å². The highest BCUT2D eigenvalue weighted by molar-refractivity contribution is 5.86. The zero-order chi connectivity index (χ0) is 14.3. The van der Waals surface area contributed by atoms with E-state index >= 15 is 0 Å². The number of allylic oxidation sites excluding steroid dienone is 2. The SMILES string of the molecule is Cn1cc(CNC(=O)[C@H]2[C@@H](C(=O)O)[C@H]3C=C[C@@H]2C3)cn1. The number of carboxylic acids is 1. The number of carboxylic acid groups (broad SMARTS) is 1. The largest absolute Gasteiger partial charge is 0.481 e. The molecule has 0 unspecified atom stereocenters. The Bertz CT molecular complexity index is 578. The van der Waals surface area contributed by atoms with Gasteiger partial charge in [-0.15, -0.1) is 0 Å². The Hall–Kier alpha value is -2.11. The van der Waals surface area contributed by atoms with Crippen LogP contribution in [-0.2, 0) is 23.2 Å². The predicted molar refractivity (Wildman–Crippen MR) is 70.4 cm³/mol. The zero-order valence-corrected chi connectivity index (χ0v) is 11.2. The molecule has 4 atom stereocenters. The first-order valence-electron chi connectivity index (χ1n) is 6.72. The average Bonchev–Trinajstić information content (AvgIpc) is 3.10. The van der Waals surface area contributed by atoms with Crippen molar-refractivity contribution in [2.75, 3.05) is 0 Å². The summed E-state index contributed by atoms with van der Waals surface area (Å²) in [4.78, 5) is 23.7. The van der Waals surface area contributed by atoms with Crippen molar-refractivity contribution in [1.82, 2.24) is 15.1 Å². The molecule has 1 aromatic rings. The number of rotatable bonds is 4. The highest BCUT2D eigenvalue weighted by Gasteiger charge is 2.51. The van der Waals surface area contributed by atoms with Crippen LogP contribution in [0.1, 0.15) is 12.0 Å². The van der Waals surface area contributed by atoms with Crippen LogP contribution in [0.25, 0.3) is 0 Å². The van der Waals surface area contributed by atoms with E-state index in [1.54, 1.807) is 10.9 Å². The fourth-order valence-corrected chi connectivity index (χ4v) is 3.39. The second-order valence-electron chi connectivity index (χ2n) is 5.58. The normalized spacial score (nSPS) is 30.6. The van der Waals surface area contributed by atoms with Gasteiger partial charge in [0.15, 0.2) is 0 Å². The Kier molecular flexibility index (Phi) is 3.08. The summed E-state index contributed by atoms with van der Waals surface area (Å²) in [5.74, 6) is -2.00. The van der Waals surface area contributed by atoms with Gasteiger partial charge < -0.3 is 10.4 Å². The molecule has 1 fully saturated rings. The van der Waals surface area contributed by atoms with Crippen LogP contribution in [-0.4, -0.2) is 26.8 Å². The first kappa shape index (κ1) is 12.9.